The highest BCUT2D eigenvalue weighted by molar-refractivity contribution is 5.72. The number of carbonyl (C=O) groups is 1. The highest BCUT2D eigenvalue weighted by Gasteiger charge is 2.34. The van der Waals surface area contributed by atoms with Crippen molar-refractivity contribution in [2.24, 2.45) is 0 Å². The molecule has 0 aliphatic rings. The van der Waals surface area contributed by atoms with E-state index in [1.165, 1.54) is 19.2 Å². The Hall–Kier alpha value is -1.72. The number of esters is 1. The van der Waals surface area contributed by atoms with Crippen LogP contribution in [0.1, 0.15) is 37.3 Å². The van der Waals surface area contributed by atoms with E-state index in [1.54, 1.807) is 0 Å². The number of benzene rings is 1. The van der Waals surface area contributed by atoms with Crippen molar-refractivity contribution >= 4 is 5.97 Å². The van der Waals surface area contributed by atoms with Crippen molar-refractivity contribution in [3.8, 4) is 5.75 Å². The lowest BCUT2D eigenvalue weighted by Crippen LogP contribution is -2.11. The highest BCUT2D eigenvalue weighted by atomic mass is 19.4. The van der Waals surface area contributed by atoms with Gasteiger partial charge in [-0.05, 0) is 24.1 Å². The summed E-state index contributed by atoms with van der Waals surface area (Å²) in [5, 5.41) is 0. The smallest absolute Gasteiger partial charge is 0.419 e. The van der Waals surface area contributed by atoms with Crippen molar-refractivity contribution in [2.45, 2.75) is 38.8 Å². The lowest BCUT2D eigenvalue weighted by atomic mass is 10.1. The first-order valence-corrected chi connectivity index (χ1v) is 6.78. The lowest BCUT2D eigenvalue weighted by Gasteiger charge is -2.15. The predicted molar refractivity (Wildman–Crippen MR) is 72.2 cm³/mol. The molecule has 0 unspecified atom stereocenters. The molecule has 0 atom stereocenters. The first-order chi connectivity index (χ1) is 9.88. The van der Waals surface area contributed by atoms with E-state index in [2.05, 4.69) is 4.74 Å². The molecule has 0 amide bonds. The standard InChI is InChI=1S/C15H19F3O3/c1-3-4-5-8-21-13-7-6-11(10-14(19)20-2)9-12(13)15(16,17)18/h6-7,9H,3-5,8,10H2,1-2H3. The van der Waals surface area contributed by atoms with Crippen molar-refractivity contribution in [3.63, 3.8) is 0 Å². The zero-order valence-electron chi connectivity index (χ0n) is 12.1. The quantitative estimate of drug-likeness (QED) is 0.564. The van der Waals surface area contributed by atoms with Crippen LogP contribution in [0, 0.1) is 0 Å². The molecule has 1 rings (SSSR count). The fourth-order valence-electron chi connectivity index (χ4n) is 1.81. The summed E-state index contributed by atoms with van der Waals surface area (Å²) in [4.78, 5) is 11.1. The van der Waals surface area contributed by atoms with E-state index in [0.29, 0.717) is 6.42 Å². The van der Waals surface area contributed by atoms with Crippen LogP contribution in [0.15, 0.2) is 18.2 Å². The van der Waals surface area contributed by atoms with Crippen LogP contribution in [0.4, 0.5) is 13.2 Å². The van der Waals surface area contributed by atoms with Gasteiger partial charge in [-0.2, -0.15) is 13.2 Å². The molecule has 1 aromatic rings. The van der Waals surface area contributed by atoms with Gasteiger partial charge in [0.2, 0.25) is 0 Å². The van der Waals surface area contributed by atoms with Crippen LogP contribution >= 0.6 is 0 Å². The van der Waals surface area contributed by atoms with Crippen LogP contribution in [0.25, 0.3) is 0 Å². The summed E-state index contributed by atoms with van der Waals surface area (Å²) in [7, 11) is 1.19. The second-order valence-electron chi connectivity index (χ2n) is 4.64. The summed E-state index contributed by atoms with van der Waals surface area (Å²) >= 11 is 0. The molecule has 118 valence electrons. The van der Waals surface area contributed by atoms with Crippen LogP contribution < -0.4 is 4.74 Å². The van der Waals surface area contributed by atoms with Crippen LogP contribution in [0.3, 0.4) is 0 Å². The predicted octanol–water partition coefficient (Wildman–Crippen LogP) is 3.99. The third-order valence-corrected chi connectivity index (χ3v) is 2.93. The number of rotatable bonds is 7. The Morgan fingerprint density at radius 1 is 1.24 bits per heavy atom. The maximum absolute atomic E-state index is 13.0. The van der Waals surface area contributed by atoms with Crippen molar-refractivity contribution < 1.29 is 27.4 Å². The SMILES string of the molecule is CCCCCOc1ccc(CC(=O)OC)cc1C(F)(F)F. The maximum Gasteiger partial charge on any atom is 0.419 e. The molecule has 21 heavy (non-hydrogen) atoms. The minimum atomic E-state index is -4.52. The van der Waals surface area contributed by atoms with Gasteiger partial charge < -0.3 is 9.47 Å². The summed E-state index contributed by atoms with van der Waals surface area (Å²) in [5.41, 5.74) is -0.615. The van der Waals surface area contributed by atoms with Gasteiger partial charge in [-0.15, -0.1) is 0 Å². The molecule has 0 saturated carbocycles. The molecular weight excluding hydrogens is 285 g/mol. The van der Waals surface area contributed by atoms with Gasteiger partial charge in [-0.3, -0.25) is 4.79 Å². The molecule has 0 saturated heterocycles. The Balaban J connectivity index is 2.89. The molecule has 0 bridgehead atoms. The fourth-order valence-corrected chi connectivity index (χ4v) is 1.81. The third-order valence-electron chi connectivity index (χ3n) is 2.93. The van der Waals surface area contributed by atoms with Gasteiger partial charge in [0.1, 0.15) is 5.75 Å². The average molecular weight is 304 g/mol. The Morgan fingerprint density at radius 3 is 2.52 bits per heavy atom. The first-order valence-electron chi connectivity index (χ1n) is 6.78. The first kappa shape index (κ1) is 17.3. The Kier molecular flexibility index (Phi) is 6.52. The fraction of sp³-hybridized carbons (Fsp3) is 0.533. The molecule has 0 spiro atoms. The largest absolute Gasteiger partial charge is 0.493 e. The van der Waals surface area contributed by atoms with E-state index in [0.717, 1.165) is 18.9 Å². The maximum atomic E-state index is 13.0. The average Bonchev–Trinajstić information content (AvgIpc) is 2.43. The van der Waals surface area contributed by atoms with Gasteiger partial charge in [-0.1, -0.05) is 25.8 Å². The van der Waals surface area contributed by atoms with E-state index in [-0.39, 0.29) is 24.3 Å². The molecule has 0 aliphatic heterocycles. The second kappa shape index (κ2) is 7.90. The molecule has 6 heteroatoms. The number of hydrogen-bond donors (Lipinski definition) is 0. The van der Waals surface area contributed by atoms with E-state index in [9.17, 15) is 18.0 Å². The Labute approximate surface area is 122 Å². The van der Waals surface area contributed by atoms with E-state index in [1.807, 2.05) is 6.92 Å². The van der Waals surface area contributed by atoms with Gasteiger partial charge in [0.05, 0.1) is 25.7 Å². The number of unbranched alkanes of at least 4 members (excludes halogenated alkanes) is 2. The number of ether oxygens (including phenoxy) is 2. The van der Waals surface area contributed by atoms with E-state index >= 15 is 0 Å². The van der Waals surface area contributed by atoms with E-state index < -0.39 is 17.7 Å². The van der Waals surface area contributed by atoms with Crippen molar-refractivity contribution in [3.05, 3.63) is 29.3 Å². The number of hydrogen-bond acceptors (Lipinski definition) is 3. The van der Waals surface area contributed by atoms with Crippen molar-refractivity contribution in [1.82, 2.24) is 0 Å². The molecule has 1 aromatic carbocycles. The lowest BCUT2D eigenvalue weighted by molar-refractivity contribution is -0.141. The van der Waals surface area contributed by atoms with Crippen LogP contribution in [-0.4, -0.2) is 19.7 Å². The summed E-state index contributed by atoms with van der Waals surface area (Å²) in [6.07, 6.45) is -2.14. The number of methoxy groups -OCH3 is 1. The third kappa shape index (κ3) is 5.65. The van der Waals surface area contributed by atoms with Crippen molar-refractivity contribution in [2.75, 3.05) is 13.7 Å². The molecule has 0 fully saturated rings. The molecule has 0 N–H and O–H groups in total. The Morgan fingerprint density at radius 2 is 1.95 bits per heavy atom. The summed E-state index contributed by atoms with van der Waals surface area (Å²) in [6, 6.07) is 3.64. The van der Waals surface area contributed by atoms with Crippen molar-refractivity contribution in [1.29, 1.82) is 0 Å². The second-order valence-corrected chi connectivity index (χ2v) is 4.64. The molecule has 3 nitrogen and oxygen atoms in total. The van der Waals surface area contributed by atoms with Gasteiger partial charge in [-0.25, -0.2) is 0 Å². The molecule has 0 aliphatic carbocycles. The molecule has 0 aromatic heterocycles. The van der Waals surface area contributed by atoms with Gasteiger partial charge in [0.15, 0.2) is 0 Å². The van der Waals surface area contributed by atoms with Gasteiger partial charge in [0.25, 0.3) is 0 Å². The number of carbonyl (C=O) groups excluding carboxylic acids is 1. The zero-order valence-corrected chi connectivity index (χ0v) is 12.1. The van der Waals surface area contributed by atoms with Gasteiger partial charge >= 0.3 is 12.1 Å². The van der Waals surface area contributed by atoms with E-state index in [4.69, 9.17) is 4.74 Å². The van der Waals surface area contributed by atoms with Crippen LogP contribution in [0.5, 0.6) is 5.75 Å². The topological polar surface area (TPSA) is 35.5 Å². The van der Waals surface area contributed by atoms with Crippen LogP contribution in [0.2, 0.25) is 0 Å². The Bertz CT molecular complexity index is 470. The monoisotopic (exact) mass is 304 g/mol. The zero-order chi connectivity index (χ0) is 15.9. The molecule has 0 heterocycles. The normalized spacial score (nSPS) is 11.3. The molecule has 0 radical (unpaired) electrons. The highest BCUT2D eigenvalue weighted by Crippen LogP contribution is 2.37. The minimum absolute atomic E-state index is 0.199. The van der Waals surface area contributed by atoms with Gasteiger partial charge in [0, 0.05) is 0 Å². The minimum Gasteiger partial charge on any atom is -0.493 e. The number of alkyl halides is 3. The van der Waals surface area contributed by atoms with Crippen LogP contribution in [-0.2, 0) is 22.1 Å². The molecular formula is C15H19F3O3. The summed E-state index contributed by atoms with van der Waals surface area (Å²) < 4.78 is 48.7. The summed E-state index contributed by atoms with van der Waals surface area (Å²) in [6.45, 7) is 2.25. The summed E-state index contributed by atoms with van der Waals surface area (Å²) in [5.74, 6) is -0.785. The number of halogens is 3.